The monoisotopic (exact) mass is 192 g/mol. The molecule has 13 heavy (non-hydrogen) atoms. The van der Waals surface area contributed by atoms with E-state index >= 15 is 0 Å². The van der Waals surface area contributed by atoms with Gasteiger partial charge in [0.15, 0.2) is 0 Å². The third kappa shape index (κ3) is 4.14. The lowest BCUT2D eigenvalue weighted by Crippen LogP contribution is -1.88. The minimum atomic E-state index is -0.339. The topological polar surface area (TPSA) is 26.3 Å². The van der Waals surface area contributed by atoms with E-state index < -0.39 is 0 Å². The van der Waals surface area contributed by atoms with Gasteiger partial charge in [0.1, 0.15) is 6.26 Å². The van der Waals surface area contributed by atoms with Gasteiger partial charge in [0, 0.05) is 13.0 Å². The highest BCUT2D eigenvalue weighted by molar-refractivity contribution is 7.10. The van der Waals surface area contributed by atoms with Crippen molar-refractivity contribution in [3.05, 3.63) is 34.7 Å². The first-order chi connectivity index (χ1) is 6.29. The van der Waals surface area contributed by atoms with Crippen molar-refractivity contribution < 1.29 is 9.53 Å². The number of ether oxygens (including phenoxy) is 1. The first-order valence-corrected chi connectivity index (χ1v) is 4.54. The van der Waals surface area contributed by atoms with E-state index in [-0.39, 0.29) is 5.97 Å². The van der Waals surface area contributed by atoms with Crippen LogP contribution >= 0.6 is 11.3 Å². The quantitative estimate of drug-likeness (QED) is 0.387. The van der Waals surface area contributed by atoms with Crippen LogP contribution in [-0.4, -0.2) is 5.97 Å². The zero-order valence-electron chi connectivity index (χ0n) is 7.11. The zero-order chi connectivity index (χ0) is 9.52. The van der Waals surface area contributed by atoms with Crippen LogP contribution in [0.2, 0.25) is 0 Å². The molecule has 0 amide bonds. The first-order valence-electron chi connectivity index (χ1n) is 3.66. The second-order valence-corrected chi connectivity index (χ2v) is 3.11. The molecular formula is C10H8O2S. The number of hydrogen-bond acceptors (Lipinski definition) is 3. The van der Waals surface area contributed by atoms with Gasteiger partial charge in [-0.25, -0.2) is 0 Å². The summed E-state index contributed by atoms with van der Waals surface area (Å²) in [4.78, 5) is 11.3. The van der Waals surface area contributed by atoms with Gasteiger partial charge in [-0.3, -0.25) is 4.79 Å². The maximum Gasteiger partial charge on any atom is 0.307 e. The maximum atomic E-state index is 10.3. The van der Waals surface area contributed by atoms with Gasteiger partial charge in [-0.2, -0.15) is 0 Å². The summed E-state index contributed by atoms with van der Waals surface area (Å²) in [6.07, 6.45) is 2.78. The molecule has 0 saturated carbocycles. The molecule has 0 saturated heterocycles. The Bertz CT molecular complexity index is 352. The Balaban J connectivity index is 2.41. The molecule has 2 nitrogen and oxygen atoms in total. The molecular weight excluding hydrogens is 184 g/mol. The van der Waals surface area contributed by atoms with E-state index in [4.69, 9.17) is 0 Å². The average molecular weight is 192 g/mol. The highest BCUT2D eigenvalue weighted by atomic mass is 32.1. The normalized spacial score (nSPS) is 9.31. The molecule has 1 aromatic rings. The van der Waals surface area contributed by atoms with E-state index in [9.17, 15) is 4.79 Å². The predicted octanol–water partition coefficient (Wildman–Crippen LogP) is 2.18. The molecule has 66 valence electrons. The molecule has 0 aliphatic rings. The van der Waals surface area contributed by atoms with Gasteiger partial charge >= 0.3 is 5.97 Å². The van der Waals surface area contributed by atoms with Crippen LogP contribution in [0.1, 0.15) is 11.8 Å². The summed E-state index contributed by atoms with van der Waals surface area (Å²) in [5, 5.41) is 1.96. The first kappa shape index (κ1) is 9.56. The summed E-state index contributed by atoms with van der Waals surface area (Å²) in [7, 11) is 0. The average Bonchev–Trinajstić information content (AvgIpc) is 2.55. The molecule has 0 atom stereocenters. The van der Waals surface area contributed by atoms with Gasteiger partial charge < -0.3 is 4.74 Å². The largest absolute Gasteiger partial charge is 0.434 e. The number of esters is 1. The lowest BCUT2D eigenvalue weighted by atomic mass is 10.4. The van der Waals surface area contributed by atoms with Crippen molar-refractivity contribution in [2.45, 2.75) is 6.92 Å². The number of carbonyl (C=O) groups excluding carboxylic acids is 1. The van der Waals surface area contributed by atoms with Gasteiger partial charge in [-0.05, 0) is 11.4 Å². The second kappa shape index (κ2) is 5.18. The van der Waals surface area contributed by atoms with E-state index in [1.165, 1.54) is 19.3 Å². The molecule has 0 aliphatic heterocycles. The minimum absolute atomic E-state index is 0.339. The number of allylic oxidation sites excluding steroid dienone is 1. The van der Waals surface area contributed by atoms with Crippen molar-refractivity contribution in [1.29, 1.82) is 0 Å². The fourth-order valence-corrected chi connectivity index (χ4v) is 1.21. The van der Waals surface area contributed by atoms with Crippen LogP contribution < -0.4 is 0 Å². The Morgan fingerprint density at radius 1 is 1.69 bits per heavy atom. The Morgan fingerprint density at radius 3 is 3.15 bits per heavy atom. The molecule has 1 rings (SSSR count). The summed E-state index contributed by atoms with van der Waals surface area (Å²) < 4.78 is 4.54. The third-order valence-electron chi connectivity index (χ3n) is 1.10. The van der Waals surface area contributed by atoms with Crippen LogP contribution in [0, 0.1) is 11.8 Å². The summed E-state index contributed by atoms with van der Waals surface area (Å²) in [6.45, 7) is 1.34. The molecule has 1 aromatic heterocycles. The Kier molecular flexibility index (Phi) is 3.80. The number of rotatable bonds is 1. The molecule has 0 fully saturated rings. The lowest BCUT2D eigenvalue weighted by molar-refractivity contribution is -0.135. The number of hydrogen-bond donors (Lipinski definition) is 0. The molecule has 0 aromatic carbocycles. The molecule has 0 aliphatic carbocycles. The maximum absolute atomic E-state index is 10.3. The number of carbonyl (C=O) groups is 1. The fraction of sp³-hybridized carbons (Fsp3) is 0.100. The van der Waals surface area contributed by atoms with Crippen LogP contribution in [0.5, 0.6) is 0 Å². The summed E-state index contributed by atoms with van der Waals surface area (Å²) in [5.41, 5.74) is 0. The number of thiophene rings is 1. The van der Waals surface area contributed by atoms with Gasteiger partial charge in [-0.1, -0.05) is 17.9 Å². The van der Waals surface area contributed by atoms with Crippen molar-refractivity contribution in [1.82, 2.24) is 0 Å². The Hall–Kier alpha value is -1.53. The molecule has 3 heteroatoms. The van der Waals surface area contributed by atoms with Crippen LogP contribution in [0.3, 0.4) is 0 Å². The second-order valence-electron chi connectivity index (χ2n) is 2.16. The molecule has 0 unspecified atom stereocenters. The fourth-order valence-electron chi connectivity index (χ4n) is 0.626. The molecule has 1 heterocycles. The van der Waals surface area contributed by atoms with Gasteiger partial charge in [-0.15, -0.1) is 11.3 Å². The van der Waals surface area contributed by atoms with Gasteiger partial charge in [0.2, 0.25) is 0 Å². The van der Waals surface area contributed by atoms with Crippen molar-refractivity contribution in [2.24, 2.45) is 0 Å². The smallest absolute Gasteiger partial charge is 0.307 e. The van der Waals surface area contributed by atoms with Crippen LogP contribution in [-0.2, 0) is 9.53 Å². The summed E-state index contributed by atoms with van der Waals surface area (Å²) in [5.74, 6) is 5.30. The Morgan fingerprint density at radius 2 is 2.54 bits per heavy atom. The third-order valence-corrected chi connectivity index (χ3v) is 1.89. The van der Waals surface area contributed by atoms with Crippen LogP contribution in [0.4, 0.5) is 0 Å². The van der Waals surface area contributed by atoms with Crippen LogP contribution in [0.25, 0.3) is 0 Å². The zero-order valence-corrected chi connectivity index (χ0v) is 7.93. The van der Waals surface area contributed by atoms with E-state index in [1.54, 1.807) is 11.3 Å². The molecule has 0 N–H and O–H groups in total. The van der Waals surface area contributed by atoms with Crippen molar-refractivity contribution in [3.8, 4) is 11.8 Å². The van der Waals surface area contributed by atoms with E-state index in [0.717, 1.165) is 4.88 Å². The highest BCUT2D eigenvalue weighted by Gasteiger charge is 1.83. The standard InChI is InChI=1S/C10H8O2S/c1-9(11)12-7-3-2-5-10-6-4-8-13-10/h3-4,6-8H,1H3/b7-3+. The van der Waals surface area contributed by atoms with Crippen molar-refractivity contribution in [2.75, 3.05) is 0 Å². The Labute approximate surface area is 80.8 Å². The molecule has 0 spiro atoms. The summed E-state index contributed by atoms with van der Waals surface area (Å²) >= 11 is 1.57. The molecule has 0 bridgehead atoms. The highest BCUT2D eigenvalue weighted by Crippen LogP contribution is 2.05. The SMILES string of the molecule is CC(=O)O/C=C/C#Cc1cccs1. The van der Waals surface area contributed by atoms with E-state index in [2.05, 4.69) is 16.6 Å². The minimum Gasteiger partial charge on any atom is -0.434 e. The summed E-state index contributed by atoms with van der Waals surface area (Å²) in [6, 6.07) is 3.86. The molecule has 0 radical (unpaired) electrons. The predicted molar refractivity (Wildman–Crippen MR) is 52.1 cm³/mol. The lowest BCUT2D eigenvalue weighted by Gasteiger charge is -1.85. The van der Waals surface area contributed by atoms with Gasteiger partial charge in [0.25, 0.3) is 0 Å². The van der Waals surface area contributed by atoms with Crippen LogP contribution in [0.15, 0.2) is 29.9 Å². The van der Waals surface area contributed by atoms with E-state index in [0.29, 0.717) is 0 Å². The van der Waals surface area contributed by atoms with Crippen molar-refractivity contribution >= 4 is 17.3 Å². The van der Waals surface area contributed by atoms with Crippen molar-refractivity contribution in [3.63, 3.8) is 0 Å². The van der Waals surface area contributed by atoms with Gasteiger partial charge in [0.05, 0.1) is 4.88 Å². The van der Waals surface area contributed by atoms with E-state index in [1.807, 2.05) is 17.5 Å².